The molecule has 156 valence electrons. The highest BCUT2D eigenvalue weighted by atomic mass is 32.1. The minimum Gasteiger partial charge on any atom is -0.497 e. The van der Waals surface area contributed by atoms with Crippen molar-refractivity contribution in [1.29, 1.82) is 0 Å². The van der Waals surface area contributed by atoms with Gasteiger partial charge in [-0.05, 0) is 41.8 Å². The summed E-state index contributed by atoms with van der Waals surface area (Å²) in [7, 11) is 1.65. The Balaban J connectivity index is 1.34. The Morgan fingerprint density at radius 2 is 2.03 bits per heavy atom. The van der Waals surface area contributed by atoms with Crippen molar-refractivity contribution in [3.05, 3.63) is 70.9 Å². The predicted octanol–water partition coefficient (Wildman–Crippen LogP) is 3.36. The molecule has 0 atom stereocenters. The van der Waals surface area contributed by atoms with E-state index in [1.165, 1.54) is 0 Å². The van der Waals surface area contributed by atoms with Crippen molar-refractivity contribution in [3.8, 4) is 17.0 Å². The summed E-state index contributed by atoms with van der Waals surface area (Å²) in [5, 5.41) is 18.3. The van der Waals surface area contributed by atoms with Crippen LogP contribution in [-0.4, -0.2) is 37.2 Å². The van der Waals surface area contributed by atoms with E-state index < -0.39 is 0 Å². The molecule has 1 amide bonds. The number of carbonyl (C=O) groups is 1. The van der Waals surface area contributed by atoms with Gasteiger partial charge in [0.25, 0.3) is 0 Å². The normalized spacial score (nSPS) is 11.3. The van der Waals surface area contributed by atoms with E-state index in [1.54, 1.807) is 23.0 Å². The molecule has 0 bridgehead atoms. The second-order valence-electron chi connectivity index (χ2n) is 7.05. The van der Waals surface area contributed by atoms with Crippen LogP contribution in [0.15, 0.2) is 60.2 Å². The van der Waals surface area contributed by atoms with Crippen LogP contribution in [0.2, 0.25) is 0 Å². The van der Waals surface area contributed by atoms with Gasteiger partial charge in [-0.1, -0.05) is 6.07 Å². The lowest BCUT2D eigenvalue weighted by molar-refractivity contribution is -0.121. The van der Waals surface area contributed by atoms with Crippen LogP contribution in [0.5, 0.6) is 5.75 Å². The number of thiophene rings is 1. The molecule has 0 aliphatic heterocycles. The highest BCUT2D eigenvalue weighted by molar-refractivity contribution is 7.09. The molecule has 0 saturated heterocycles. The van der Waals surface area contributed by atoms with Crippen LogP contribution in [0.25, 0.3) is 22.4 Å². The molecular weight excluding hydrogens is 412 g/mol. The second-order valence-corrected chi connectivity index (χ2v) is 8.08. The Bertz CT molecular complexity index is 1340. The zero-order valence-corrected chi connectivity index (χ0v) is 17.7. The molecule has 4 heterocycles. The second kappa shape index (κ2) is 8.19. The van der Waals surface area contributed by atoms with Crippen molar-refractivity contribution in [2.45, 2.75) is 19.4 Å². The van der Waals surface area contributed by atoms with E-state index in [-0.39, 0.29) is 5.91 Å². The van der Waals surface area contributed by atoms with Gasteiger partial charge >= 0.3 is 0 Å². The molecule has 0 aliphatic rings. The third-order valence-corrected chi connectivity index (χ3v) is 5.97. The first kappa shape index (κ1) is 19.3. The fraction of sp³-hybridized carbons (Fsp3) is 0.182. The van der Waals surface area contributed by atoms with E-state index in [9.17, 15) is 4.79 Å². The Morgan fingerprint density at radius 3 is 2.81 bits per heavy atom. The first-order chi connectivity index (χ1) is 15.2. The van der Waals surface area contributed by atoms with Gasteiger partial charge in [-0.15, -0.1) is 21.5 Å². The van der Waals surface area contributed by atoms with Crippen molar-refractivity contribution < 1.29 is 9.53 Å². The lowest BCUT2D eigenvalue weighted by Gasteiger charge is -2.03. The van der Waals surface area contributed by atoms with Crippen LogP contribution in [-0.2, 0) is 17.8 Å². The molecule has 4 aromatic heterocycles. The number of aromatic nitrogens is 5. The fourth-order valence-electron chi connectivity index (χ4n) is 3.45. The molecule has 0 spiro atoms. The molecule has 9 heteroatoms. The number of carbonyl (C=O) groups excluding carboxylic acids is 1. The molecule has 1 N–H and O–H groups in total. The quantitative estimate of drug-likeness (QED) is 0.426. The number of nitrogens with zero attached hydrogens (tertiary/aromatic N) is 5. The van der Waals surface area contributed by atoms with Crippen LogP contribution in [0.3, 0.4) is 0 Å². The number of hydrogen-bond acceptors (Lipinski definition) is 6. The number of ether oxygens (including phenoxy) is 1. The third-order valence-electron chi connectivity index (χ3n) is 5.09. The molecule has 1 aromatic carbocycles. The number of hydrogen-bond donors (Lipinski definition) is 1. The number of amides is 1. The summed E-state index contributed by atoms with van der Waals surface area (Å²) in [5.41, 5.74) is 3.40. The monoisotopic (exact) mass is 432 g/mol. The van der Waals surface area contributed by atoms with E-state index in [1.807, 2.05) is 64.6 Å². The average Bonchev–Trinajstić information content (AvgIpc) is 3.55. The molecule has 0 aliphatic carbocycles. The van der Waals surface area contributed by atoms with E-state index >= 15 is 0 Å². The molecule has 5 rings (SSSR count). The van der Waals surface area contributed by atoms with Crippen molar-refractivity contribution >= 4 is 28.4 Å². The standard InChI is InChI=1S/C22H20N6O2S/c1-30-16-6-4-15(5-7-16)18-13-19-22-25-24-20(27(22)10-11-28(19)26-18)8-9-21(29)23-14-17-3-2-12-31-17/h2-7,10-13H,8-9,14H2,1H3,(H,23,29). The summed E-state index contributed by atoms with van der Waals surface area (Å²) in [5.74, 6) is 1.55. The van der Waals surface area contributed by atoms with Crippen molar-refractivity contribution in [2.75, 3.05) is 7.11 Å². The summed E-state index contributed by atoms with van der Waals surface area (Å²) in [4.78, 5) is 13.3. The van der Waals surface area contributed by atoms with Gasteiger partial charge in [-0.3, -0.25) is 9.20 Å². The van der Waals surface area contributed by atoms with E-state index in [0.29, 0.717) is 25.0 Å². The summed E-state index contributed by atoms with van der Waals surface area (Å²) >= 11 is 1.63. The van der Waals surface area contributed by atoms with Gasteiger partial charge in [0.15, 0.2) is 5.65 Å². The maximum absolute atomic E-state index is 12.2. The topological polar surface area (TPSA) is 85.8 Å². The highest BCUT2D eigenvalue weighted by Crippen LogP contribution is 2.24. The zero-order chi connectivity index (χ0) is 21.2. The average molecular weight is 433 g/mol. The van der Waals surface area contributed by atoms with Gasteiger partial charge in [0, 0.05) is 35.7 Å². The Hall–Kier alpha value is -3.72. The van der Waals surface area contributed by atoms with Crippen LogP contribution in [0.4, 0.5) is 0 Å². The lowest BCUT2D eigenvalue weighted by atomic mass is 10.1. The number of aryl methyl sites for hydroxylation is 1. The van der Waals surface area contributed by atoms with Crippen LogP contribution >= 0.6 is 11.3 Å². The first-order valence-corrected chi connectivity index (χ1v) is 10.7. The van der Waals surface area contributed by atoms with Crippen LogP contribution < -0.4 is 10.1 Å². The number of fused-ring (bicyclic) bond motifs is 3. The molecule has 0 unspecified atom stereocenters. The fourth-order valence-corrected chi connectivity index (χ4v) is 4.09. The Kier molecular flexibility index (Phi) is 5.09. The van der Waals surface area contributed by atoms with Crippen LogP contribution in [0.1, 0.15) is 17.1 Å². The summed E-state index contributed by atoms with van der Waals surface area (Å²) in [6.45, 7) is 0.557. The highest BCUT2D eigenvalue weighted by Gasteiger charge is 2.14. The minimum atomic E-state index is -0.00243. The Labute approximate surface area is 182 Å². The SMILES string of the molecule is COc1ccc(-c2cc3c4nnc(CCC(=O)NCc5cccs5)n4ccn3n2)cc1. The maximum atomic E-state index is 12.2. The minimum absolute atomic E-state index is 0.00243. The molecule has 0 fully saturated rings. The maximum Gasteiger partial charge on any atom is 0.220 e. The van der Waals surface area contributed by atoms with E-state index in [2.05, 4.69) is 20.6 Å². The summed E-state index contributed by atoms with van der Waals surface area (Å²) in [6, 6.07) is 13.7. The first-order valence-electron chi connectivity index (χ1n) is 9.87. The largest absolute Gasteiger partial charge is 0.497 e. The van der Waals surface area contributed by atoms with Gasteiger partial charge in [0.05, 0.1) is 19.3 Å². The Morgan fingerprint density at radius 1 is 1.16 bits per heavy atom. The molecular formula is C22H20N6O2S. The van der Waals surface area contributed by atoms with E-state index in [4.69, 9.17) is 4.74 Å². The molecule has 0 radical (unpaired) electrons. The molecule has 31 heavy (non-hydrogen) atoms. The van der Waals surface area contributed by atoms with Crippen molar-refractivity contribution in [2.24, 2.45) is 0 Å². The zero-order valence-electron chi connectivity index (χ0n) is 16.9. The predicted molar refractivity (Wildman–Crippen MR) is 118 cm³/mol. The number of rotatable bonds is 7. The van der Waals surface area contributed by atoms with Crippen molar-refractivity contribution in [3.63, 3.8) is 0 Å². The lowest BCUT2D eigenvalue weighted by Crippen LogP contribution is -2.22. The third kappa shape index (κ3) is 3.87. The molecule has 5 aromatic rings. The van der Waals surface area contributed by atoms with Gasteiger partial charge in [-0.2, -0.15) is 5.10 Å². The summed E-state index contributed by atoms with van der Waals surface area (Å²) in [6.07, 6.45) is 4.62. The van der Waals surface area contributed by atoms with Gasteiger partial charge in [-0.25, -0.2) is 4.52 Å². The van der Waals surface area contributed by atoms with Gasteiger partial charge in [0.2, 0.25) is 5.91 Å². The number of benzene rings is 1. The molecule has 0 saturated carbocycles. The molecule has 8 nitrogen and oxygen atoms in total. The summed E-state index contributed by atoms with van der Waals surface area (Å²) < 4.78 is 8.93. The smallest absolute Gasteiger partial charge is 0.220 e. The van der Waals surface area contributed by atoms with Gasteiger partial charge in [0.1, 0.15) is 17.1 Å². The van der Waals surface area contributed by atoms with Crippen molar-refractivity contribution in [1.82, 2.24) is 29.5 Å². The number of methoxy groups -OCH3 is 1. The van der Waals surface area contributed by atoms with Crippen LogP contribution in [0, 0.1) is 0 Å². The van der Waals surface area contributed by atoms with Gasteiger partial charge < -0.3 is 10.1 Å². The number of nitrogens with one attached hydrogen (secondary N) is 1. The van der Waals surface area contributed by atoms with E-state index in [0.717, 1.165) is 33.2 Å².